The third kappa shape index (κ3) is 3.32. The summed E-state index contributed by atoms with van der Waals surface area (Å²) in [5, 5.41) is 16.6. The van der Waals surface area contributed by atoms with E-state index in [9.17, 15) is 10.1 Å². The molecule has 0 unspecified atom stereocenters. The minimum atomic E-state index is -0.403. The van der Waals surface area contributed by atoms with Crippen molar-refractivity contribution in [1.82, 2.24) is 5.32 Å². The zero-order chi connectivity index (χ0) is 13.8. The summed E-state index contributed by atoms with van der Waals surface area (Å²) in [6.07, 6.45) is 0. The van der Waals surface area contributed by atoms with Crippen molar-refractivity contribution in [3.63, 3.8) is 0 Å². The molecule has 1 N–H and O–H groups in total. The predicted octanol–water partition coefficient (Wildman–Crippen LogP) is 3.91. The molecular formula is C13H13ClN2O2S. The summed E-state index contributed by atoms with van der Waals surface area (Å²) >= 11 is 7.69. The molecule has 0 aliphatic heterocycles. The minimum absolute atomic E-state index is 0.0582. The summed E-state index contributed by atoms with van der Waals surface area (Å²) in [6.45, 7) is 3.12. The van der Waals surface area contributed by atoms with Crippen LogP contribution in [0.15, 0.2) is 29.6 Å². The molecule has 2 aromatic rings. The van der Waals surface area contributed by atoms with Crippen LogP contribution in [0.2, 0.25) is 5.02 Å². The number of aryl methyl sites for hydroxylation is 1. The van der Waals surface area contributed by atoms with Crippen molar-refractivity contribution in [2.45, 2.75) is 20.0 Å². The van der Waals surface area contributed by atoms with E-state index in [-0.39, 0.29) is 5.69 Å². The molecule has 0 amide bonds. The van der Waals surface area contributed by atoms with Crippen molar-refractivity contribution < 1.29 is 4.92 Å². The van der Waals surface area contributed by atoms with E-state index in [0.29, 0.717) is 23.7 Å². The molecule has 19 heavy (non-hydrogen) atoms. The molecule has 0 bridgehead atoms. The summed E-state index contributed by atoms with van der Waals surface area (Å²) in [4.78, 5) is 11.8. The Morgan fingerprint density at radius 3 is 2.79 bits per heavy atom. The SMILES string of the molecule is Cc1ccsc1CNCc1c(Cl)cccc1[N+](=O)[O-]. The van der Waals surface area contributed by atoms with Gasteiger partial charge in [0.1, 0.15) is 0 Å². The van der Waals surface area contributed by atoms with Crippen LogP contribution in [0.1, 0.15) is 16.0 Å². The third-order valence-corrected chi connectivity index (χ3v) is 4.22. The van der Waals surface area contributed by atoms with Gasteiger partial charge in [-0.3, -0.25) is 10.1 Å². The molecule has 0 spiro atoms. The van der Waals surface area contributed by atoms with E-state index in [4.69, 9.17) is 11.6 Å². The number of halogens is 1. The maximum atomic E-state index is 10.9. The Hall–Kier alpha value is -1.43. The van der Waals surface area contributed by atoms with E-state index in [1.165, 1.54) is 16.5 Å². The van der Waals surface area contributed by atoms with E-state index in [1.54, 1.807) is 23.5 Å². The smallest absolute Gasteiger partial charge is 0.275 e. The molecule has 0 aliphatic rings. The van der Waals surface area contributed by atoms with Crippen LogP contribution in [0.4, 0.5) is 5.69 Å². The van der Waals surface area contributed by atoms with Crippen LogP contribution >= 0.6 is 22.9 Å². The highest BCUT2D eigenvalue weighted by Crippen LogP contribution is 2.26. The summed E-state index contributed by atoms with van der Waals surface area (Å²) in [5.41, 5.74) is 1.82. The second kappa shape index (κ2) is 6.14. The van der Waals surface area contributed by atoms with Gasteiger partial charge in [0.25, 0.3) is 5.69 Å². The van der Waals surface area contributed by atoms with Crippen molar-refractivity contribution in [3.8, 4) is 0 Å². The summed E-state index contributed by atoms with van der Waals surface area (Å²) < 4.78 is 0. The molecule has 0 saturated heterocycles. The average molecular weight is 297 g/mol. The van der Waals surface area contributed by atoms with Gasteiger partial charge in [0, 0.05) is 24.0 Å². The quantitative estimate of drug-likeness (QED) is 0.672. The van der Waals surface area contributed by atoms with Gasteiger partial charge in [-0.25, -0.2) is 0 Å². The normalized spacial score (nSPS) is 10.6. The first-order chi connectivity index (χ1) is 9.09. The average Bonchev–Trinajstić information content (AvgIpc) is 2.77. The van der Waals surface area contributed by atoms with Crippen LogP contribution in [-0.2, 0) is 13.1 Å². The van der Waals surface area contributed by atoms with E-state index in [1.807, 2.05) is 12.3 Å². The fourth-order valence-electron chi connectivity index (χ4n) is 1.78. The molecule has 100 valence electrons. The van der Waals surface area contributed by atoms with Crippen LogP contribution in [0.25, 0.3) is 0 Å². The Balaban J connectivity index is 2.07. The van der Waals surface area contributed by atoms with Crippen LogP contribution < -0.4 is 5.32 Å². The highest BCUT2D eigenvalue weighted by Gasteiger charge is 2.15. The largest absolute Gasteiger partial charge is 0.307 e. The number of rotatable bonds is 5. The first-order valence-corrected chi connectivity index (χ1v) is 7.01. The standard InChI is InChI=1S/C13H13ClN2O2S/c1-9-5-6-19-13(9)8-15-7-10-11(14)3-2-4-12(10)16(17)18/h2-6,15H,7-8H2,1H3. The number of benzene rings is 1. The van der Waals surface area contributed by atoms with E-state index in [0.717, 1.165) is 0 Å². The van der Waals surface area contributed by atoms with E-state index >= 15 is 0 Å². The molecule has 1 aromatic heterocycles. The van der Waals surface area contributed by atoms with E-state index in [2.05, 4.69) is 11.4 Å². The maximum absolute atomic E-state index is 10.9. The lowest BCUT2D eigenvalue weighted by molar-refractivity contribution is -0.385. The fourth-order valence-corrected chi connectivity index (χ4v) is 2.89. The highest BCUT2D eigenvalue weighted by atomic mass is 35.5. The molecule has 0 radical (unpaired) electrons. The third-order valence-electron chi connectivity index (χ3n) is 2.85. The Morgan fingerprint density at radius 2 is 2.16 bits per heavy atom. The van der Waals surface area contributed by atoms with Crippen LogP contribution in [-0.4, -0.2) is 4.92 Å². The van der Waals surface area contributed by atoms with Gasteiger partial charge in [-0.05, 0) is 30.0 Å². The van der Waals surface area contributed by atoms with Gasteiger partial charge in [0.05, 0.1) is 15.5 Å². The first-order valence-electron chi connectivity index (χ1n) is 5.75. The van der Waals surface area contributed by atoms with Crippen molar-refractivity contribution in [2.75, 3.05) is 0 Å². The first kappa shape index (κ1) is 14.0. The molecule has 2 rings (SSSR count). The number of nitro benzene ring substituents is 1. The lowest BCUT2D eigenvalue weighted by atomic mass is 10.1. The number of hydrogen-bond donors (Lipinski definition) is 1. The van der Waals surface area contributed by atoms with Gasteiger partial charge < -0.3 is 5.32 Å². The summed E-state index contributed by atoms with van der Waals surface area (Å²) in [6, 6.07) is 6.79. The van der Waals surface area contributed by atoms with Crippen LogP contribution in [0.5, 0.6) is 0 Å². The Kier molecular flexibility index (Phi) is 4.52. The lowest BCUT2D eigenvalue weighted by Crippen LogP contribution is -2.14. The van der Waals surface area contributed by atoms with Crippen LogP contribution in [0, 0.1) is 17.0 Å². The lowest BCUT2D eigenvalue weighted by Gasteiger charge is -2.07. The van der Waals surface area contributed by atoms with Gasteiger partial charge in [-0.2, -0.15) is 0 Å². The molecule has 6 heteroatoms. The second-order valence-electron chi connectivity index (χ2n) is 4.12. The molecule has 4 nitrogen and oxygen atoms in total. The summed E-state index contributed by atoms with van der Waals surface area (Å²) in [5.74, 6) is 0. The second-order valence-corrected chi connectivity index (χ2v) is 5.53. The zero-order valence-electron chi connectivity index (χ0n) is 10.4. The molecular weight excluding hydrogens is 284 g/mol. The number of hydrogen-bond acceptors (Lipinski definition) is 4. The predicted molar refractivity (Wildman–Crippen MR) is 77.7 cm³/mol. The number of thiophene rings is 1. The maximum Gasteiger partial charge on any atom is 0.275 e. The van der Waals surface area contributed by atoms with Gasteiger partial charge in [-0.15, -0.1) is 11.3 Å². The van der Waals surface area contributed by atoms with Crippen molar-refractivity contribution >= 4 is 28.6 Å². The summed E-state index contributed by atoms with van der Waals surface area (Å²) in [7, 11) is 0. The van der Waals surface area contributed by atoms with Gasteiger partial charge in [0.2, 0.25) is 0 Å². The van der Waals surface area contributed by atoms with Crippen molar-refractivity contribution in [3.05, 3.63) is 60.8 Å². The van der Waals surface area contributed by atoms with Crippen molar-refractivity contribution in [2.24, 2.45) is 0 Å². The van der Waals surface area contributed by atoms with E-state index < -0.39 is 4.92 Å². The molecule has 1 heterocycles. The van der Waals surface area contributed by atoms with Crippen LogP contribution in [0.3, 0.4) is 0 Å². The van der Waals surface area contributed by atoms with Crippen molar-refractivity contribution in [1.29, 1.82) is 0 Å². The molecule has 0 fully saturated rings. The Labute approximate surface area is 120 Å². The zero-order valence-corrected chi connectivity index (χ0v) is 11.9. The number of nitrogens with zero attached hydrogens (tertiary/aromatic N) is 1. The fraction of sp³-hybridized carbons (Fsp3) is 0.231. The molecule has 1 aromatic carbocycles. The number of nitrogens with one attached hydrogen (secondary N) is 1. The topological polar surface area (TPSA) is 55.2 Å². The highest BCUT2D eigenvalue weighted by molar-refractivity contribution is 7.10. The molecule has 0 aliphatic carbocycles. The van der Waals surface area contributed by atoms with Gasteiger partial charge in [0.15, 0.2) is 0 Å². The molecule has 0 saturated carbocycles. The Morgan fingerprint density at radius 1 is 1.37 bits per heavy atom. The molecule has 0 atom stereocenters. The van der Waals surface area contributed by atoms with Gasteiger partial charge in [-0.1, -0.05) is 17.7 Å². The number of nitro groups is 1. The monoisotopic (exact) mass is 296 g/mol. The minimum Gasteiger partial charge on any atom is -0.307 e. The van der Waals surface area contributed by atoms with Gasteiger partial charge >= 0.3 is 0 Å². The Bertz CT molecular complexity index is 598.